The van der Waals surface area contributed by atoms with Gasteiger partial charge in [0.05, 0.1) is 0 Å². The number of nitrogens with one attached hydrogen (secondary N) is 1. The van der Waals surface area contributed by atoms with Crippen LogP contribution in [0, 0.1) is 0 Å². The highest BCUT2D eigenvalue weighted by molar-refractivity contribution is 5.77. The zero-order chi connectivity index (χ0) is 12.3. The molecule has 1 aromatic heterocycles. The fraction of sp³-hybridized carbons (Fsp3) is 0.429. The number of benzene rings is 1. The van der Waals surface area contributed by atoms with Gasteiger partial charge in [0, 0.05) is 11.4 Å². The molecule has 2 aromatic rings. The van der Waals surface area contributed by atoms with E-state index in [2.05, 4.69) is 19.2 Å². The van der Waals surface area contributed by atoms with Gasteiger partial charge in [-0.15, -0.1) is 0 Å². The Bertz CT molecular complexity index is 443. The Labute approximate surface area is 101 Å². The molecule has 3 nitrogen and oxygen atoms in total. The highest BCUT2D eigenvalue weighted by Crippen LogP contribution is 2.25. The highest BCUT2D eigenvalue weighted by atomic mass is 16.4. The number of hydrogen-bond donors (Lipinski definition) is 2. The van der Waals surface area contributed by atoms with Crippen molar-refractivity contribution in [1.29, 1.82) is 0 Å². The zero-order valence-corrected chi connectivity index (χ0v) is 10.3. The van der Waals surface area contributed by atoms with Gasteiger partial charge in [0.1, 0.15) is 17.4 Å². The van der Waals surface area contributed by atoms with Gasteiger partial charge >= 0.3 is 0 Å². The van der Waals surface area contributed by atoms with Crippen molar-refractivity contribution in [3.63, 3.8) is 0 Å². The van der Waals surface area contributed by atoms with Gasteiger partial charge in [-0.1, -0.05) is 32.0 Å². The number of rotatable bonds is 5. The molecule has 0 amide bonds. The third-order valence-corrected chi connectivity index (χ3v) is 2.74. The number of fused-ring (bicyclic) bond motifs is 1. The third-order valence-electron chi connectivity index (χ3n) is 2.74. The van der Waals surface area contributed by atoms with Crippen molar-refractivity contribution in [1.82, 2.24) is 5.32 Å². The van der Waals surface area contributed by atoms with Crippen molar-refractivity contribution in [2.24, 2.45) is 0 Å². The number of furan rings is 1. The van der Waals surface area contributed by atoms with E-state index in [4.69, 9.17) is 4.42 Å². The summed E-state index contributed by atoms with van der Waals surface area (Å²) >= 11 is 0. The van der Waals surface area contributed by atoms with Gasteiger partial charge in [-0.3, -0.25) is 0 Å². The Morgan fingerprint density at radius 1 is 1.29 bits per heavy atom. The Hall–Kier alpha value is -1.32. The maximum Gasteiger partial charge on any atom is 0.134 e. The predicted octanol–water partition coefficient (Wildman–Crippen LogP) is 2.85. The highest BCUT2D eigenvalue weighted by Gasteiger charge is 2.12. The molecule has 0 bridgehead atoms. The van der Waals surface area contributed by atoms with Crippen LogP contribution in [0.3, 0.4) is 0 Å². The maximum atomic E-state index is 10.0. The van der Waals surface area contributed by atoms with Gasteiger partial charge in [0.15, 0.2) is 0 Å². The molecule has 0 radical (unpaired) electrons. The Kier molecular flexibility index (Phi) is 3.82. The second-order valence-electron chi connectivity index (χ2n) is 4.60. The van der Waals surface area contributed by atoms with E-state index in [1.165, 1.54) is 0 Å². The SMILES string of the molecule is CC(C)NCC[C@H](O)c1cc2ccccc2o1. The molecule has 0 spiro atoms. The quantitative estimate of drug-likeness (QED) is 0.834. The first-order valence-electron chi connectivity index (χ1n) is 6.07. The van der Waals surface area contributed by atoms with Crippen LogP contribution < -0.4 is 5.32 Å². The minimum atomic E-state index is -0.534. The predicted molar refractivity (Wildman–Crippen MR) is 68.9 cm³/mol. The summed E-state index contributed by atoms with van der Waals surface area (Å²) in [6.45, 7) is 4.97. The van der Waals surface area contributed by atoms with E-state index in [1.54, 1.807) is 0 Å². The number of para-hydroxylation sites is 1. The Balaban J connectivity index is 2.01. The molecule has 0 aliphatic carbocycles. The summed E-state index contributed by atoms with van der Waals surface area (Å²) in [5, 5.41) is 14.3. The van der Waals surface area contributed by atoms with E-state index in [1.807, 2.05) is 30.3 Å². The zero-order valence-electron chi connectivity index (χ0n) is 10.3. The van der Waals surface area contributed by atoms with Crippen molar-refractivity contribution in [2.45, 2.75) is 32.4 Å². The van der Waals surface area contributed by atoms with E-state index in [-0.39, 0.29) is 0 Å². The van der Waals surface area contributed by atoms with E-state index in [0.29, 0.717) is 18.2 Å². The van der Waals surface area contributed by atoms with Crippen LogP contribution in [0.25, 0.3) is 11.0 Å². The van der Waals surface area contributed by atoms with Crippen LogP contribution in [0.4, 0.5) is 0 Å². The molecular formula is C14H19NO2. The van der Waals surface area contributed by atoms with Gasteiger partial charge in [-0.2, -0.15) is 0 Å². The number of aliphatic hydroxyl groups is 1. The standard InChI is InChI=1S/C14H19NO2/c1-10(2)15-8-7-12(16)14-9-11-5-3-4-6-13(11)17-14/h3-6,9-10,12,15-16H,7-8H2,1-2H3/t12-/m0/s1. The summed E-state index contributed by atoms with van der Waals surface area (Å²) in [5.74, 6) is 0.650. The molecular weight excluding hydrogens is 214 g/mol. The average molecular weight is 233 g/mol. The van der Waals surface area contributed by atoms with Gasteiger partial charge < -0.3 is 14.8 Å². The minimum Gasteiger partial charge on any atom is -0.458 e. The van der Waals surface area contributed by atoms with E-state index in [9.17, 15) is 5.11 Å². The molecule has 0 saturated carbocycles. The summed E-state index contributed by atoms with van der Waals surface area (Å²) in [6.07, 6.45) is 0.131. The van der Waals surface area contributed by atoms with Gasteiger partial charge in [0.25, 0.3) is 0 Å². The Morgan fingerprint density at radius 3 is 2.76 bits per heavy atom. The lowest BCUT2D eigenvalue weighted by atomic mass is 10.2. The summed E-state index contributed by atoms with van der Waals surface area (Å²) < 4.78 is 5.61. The molecule has 0 aliphatic rings. The molecule has 1 atom stereocenters. The lowest BCUT2D eigenvalue weighted by Gasteiger charge is -2.10. The second kappa shape index (κ2) is 5.34. The molecule has 2 rings (SSSR count). The minimum absolute atomic E-state index is 0.442. The first-order chi connectivity index (χ1) is 8.16. The average Bonchev–Trinajstić information content (AvgIpc) is 2.71. The van der Waals surface area contributed by atoms with Gasteiger partial charge in [0.2, 0.25) is 0 Å². The van der Waals surface area contributed by atoms with E-state index >= 15 is 0 Å². The molecule has 1 aromatic carbocycles. The lowest BCUT2D eigenvalue weighted by Crippen LogP contribution is -2.24. The summed E-state index contributed by atoms with van der Waals surface area (Å²) in [7, 11) is 0. The number of hydrogen-bond acceptors (Lipinski definition) is 3. The number of aliphatic hydroxyl groups excluding tert-OH is 1. The summed E-state index contributed by atoms with van der Waals surface area (Å²) in [6, 6.07) is 10.2. The molecule has 3 heteroatoms. The molecule has 0 saturated heterocycles. The molecule has 92 valence electrons. The van der Waals surface area contributed by atoms with Crippen molar-refractivity contribution in [3.05, 3.63) is 36.1 Å². The van der Waals surface area contributed by atoms with Gasteiger partial charge in [-0.05, 0) is 25.1 Å². The monoisotopic (exact) mass is 233 g/mol. The van der Waals surface area contributed by atoms with Crippen molar-refractivity contribution in [2.75, 3.05) is 6.54 Å². The molecule has 1 heterocycles. The van der Waals surface area contributed by atoms with Crippen LogP contribution in [0.15, 0.2) is 34.7 Å². The van der Waals surface area contributed by atoms with E-state index in [0.717, 1.165) is 17.5 Å². The fourth-order valence-electron chi connectivity index (χ4n) is 1.82. The van der Waals surface area contributed by atoms with Crippen LogP contribution in [0.2, 0.25) is 0 Å². The molecule has 0 unspecified atom stereocenters. The van der Waals surface area contributed by atoms with Crippen molar-refractivity contribution in [3.8, 4) is 0 Å². The van der Waals surface area contributed by atoms with Crippen molar-refractivity contribution >= 4 is 11.0 Å². The molecule has 2 N–H and O–H groups in total. The first kappa shape index (κ1) is 12.1. The van der Waals surface area contributed by atoms with Crippen LogP contribution in [-0.2, 0) is 0 Å². The maximum absolute atomic E-state index is 10.0. The molecule has 0 fully saturated rings. The van der Waals surface area contributed by atoms with Crippen LogP contribution in [0.1, 0.15) is 32.1 Å². The lowest BCUT2D eigenvalue weighted by molar-refractivity contribution is 0.141. The van der Waals surface area contributed by atoms with Crippen LogP contribution in [0.5, 0.6) is 0 Å². The third kappa shape index (κ3) is 3.08. The van der Waals surface area contributed by atoms with Crippen LogP contribution >= 0.6 is 0 Å². The van der Waals surface area contributed by atoms with Gasteiger partial charge in [-0.25, -0.2) is 0 Å². The van der Waals surface area contributed by atoms with Crippen molar-refractivity contribution < 1.29 is 9.52 Å². The molecule has 17 heavy (non-hydrogen) atoms. The largest absolute Gasteiger partial charge is 0.458 e. The first-order valence-corrected chi connectivity index (χ1v) is 6.07. The smallest absolute Gasteiger partial charge is 0.134 e. The normalized spacial score (nSPS) is 13.4. The summed E-state index contributed by atoms with van der Waals surface area (Å²) in [4.78, 5) is 0. The van der Waals surface area contributed by atoms with E-state index < -0.39 is 6.10 Å². The Morgan fingerprint density at radius 2 is 2.06 bits per heavy atom. The summed E-state index contributed by atoms with van der Waals surface area (Å²) in [5.41, 5.74) is 0.832. The molecule has 0 aliphatic heterocycles. The topological polar surface area (TPSA) is 45.4 Å². The van der Waals surface area contributed by atoms with Crippen LogP contribution in [-0.4, -0.2) is 17.7 Å². The second-order valence-corrected chi connectivity index (χ2v) is 4.60. The fourth-order valence-corrected chi connectivity index (χ4v) is 1.82.